The molecule has 1 N–H and O–H groups in total. The van der Waals surface area contributed by atoms with Crippen molar-refractivity contribution in [3.05, 3.63) is 47.3 Å². The Hall–Kier alpha value is -2.83. The van der Waals surface area contributed by atoms with Gasteiger partial charge < -0.3 is 10.1 Å². The van der Waals surface area contributed by atoms with Crippen LogP contribution in [0.4, 0.5) is 4.79 Å². The fraction of sp³-hybridized carbons (Fsp3) is 0.450. The van der Waals surface area contributed by atoms with E-state index in [2.05, 4.69) is 16.5 Å². The van der Waals surface area contributed by atoms with Crippen molar-refractivity contribution in [2.24, 2.45) is 7.05 Å². The quantitative estimate of drug-likeness (QED) is 0.600. The minimum absolute atomic E-state index is 0.227. The number of nitrogens with zero attached hydrogens (tertiary/aromatic N) is 3. The van der Waals surface area contributed by atoms with E-state index < -0.39 is 5.54 Å². The Kier molecular flexibility index (Phi) is 5.21. The molecule has 0 radical (unpaired) electrons. The lowest BCUT2D eigenvalue weighted by Crippen LogP contribution is -2.43. The maximum absolute atomic E-state index is 13.0. The van der Waals surface area contributed by atoms with Crippen molar-refractivity contribution in [2.75, 3.05) is 13.2 Å². The summed E-state index contributed by atoms with van der Waals surface area (Å²) in [5.74, 6) is 0.581. The Bertz CT molecular complexity index is 840. The van der Waals surface area contributed by atoms with Gasteiger partial charge in [0.05, 0.1) is 12.8 Å². The number of amides is 3. The van der Waals surface area contributed by atoms with Crippen LogP contribution in [0, 0.1) is 13.8 Å². The molecule has 1 saturated heterocycles. The first kappa shape index (κ1) is 18.9. The molecule has 2 heterocycles. The van der Waals surface area contributed by atoms with Crippen LogP contribution in [0.5, 0.6) is 5.75 Å². The molecule has 2 aromatic rings. The number of carbonyl (C=O) groups excluding carboxylic acids is 2. The number of nitrogens with one attached hydrogen (secondary N) is 1. The lowest BCUT2D eigenvalue weighted by atomic mass is 9.89. The van der Waals surface area contributed by atoms with Crippen LogP contribution in [-0.4, -0.2) is 39.8 Å². The summed E-state index contributed by atoms with van der Waals surface area (Å²) in [6.45, 7) is 6.69. The van der Waals surface area contributed by atoms with Crippen LogP contribution in [-0.2, 0) is 17.4 Å². The zero-order valence-corrected chi connectivity index (χ0v) is 16.3. The highest BCUT2D eigenvalue weighted by Gasteiger charge is 2.51. The maximum Gasteiger partial charge on any atom is 0.325 e. The number of aryl methyl sites for hydroxylation is 3. The van der Waals surface area contributed by atoms with E-state index in [1.165, 1.54) is 4.90 Å². The number of rotatable bonds is 7. The van der Waals surface area contributed by atoms with E-state index >= 15 is 0 Å². The number of benzene rings is 1. The minimum Gasteiger partial charge on any atom is -0.494 e. The molecular formula is C20H26N4O3. The summed E-state index contributed by atoms with van der Waals surface area (Å²) >= 11 is 0. The highest BCUT2D eigenvalue weighted by atomic mass is 16.5. The summed E-state index contributed by atoms with van der Waals surface area (Å²) in [4.78, 5) is 26.7. The molecule has 3 amide bonds. The van der Waals surface area contributed by atoms with Gasteiger partial charge in [0.25, 0.3) is 5.91 Å². The van der Waals surface area contributed by atoms with E-state index in [4.69, 9.17) is 4.74 Å². The Morgan fingerprint density at radius 3 is 2.48 bits per heavy atom. The molecule has 0 bridgehead atoms. The van der Waals surface area contributed by atoms with Gasteiger partial charge in [-0.15, -0.1) is 0 Å². The van der Waals surface area contributed by atoms with Crippen LogP contribution < -0.4 is 10.1 Å². The fourth-order valence-corrected chi connectivity index (χ4v) is 3.54. The zero-order chi connectivity index (χ0) is 19.6. The van der Waals surface area contributed by atoms with Gasteiger partial charge in [-0.25, -0.2) is 4.79 Å². The number of hydrogen-bond acceptors (Lipinski definition) is 4. The fourth-order valence-electron chi connectivity index (χ4n) is 3.54. The van der Waals surface area contributed by atoms with Gasteiger partial charge in [-0.05, 0) is 49.9 Å². The molecule has 1 aromatic carbocycles. The molecular weight excluding hydrogens is 344 g/mol. The van der Waals surface area contributed by atoms with Crippen LogP contribution in [0.15, 0.2) is 30.6 Å². The monoisotopic (exact) mass is 370 g/mol. The van der Waals surface area contributed by atoms with Gasteiger partial charge in [0.2, 0.25) is 0 Å². The third-order valence-electron chi connectivity index (χ3n) is 4.89. The van der Waals surface area contributed by atoms with Crippen molar-refractivity contribution < 1.29 is 14.3 Å². The molecule has 1 fully saturated rings. The van der Waals surface area contributed by atoms with Crippen molar-refractivity contribution in [1.82, 2.24) is 20.0 Å². The number of hydrogen-bond donors (Lipinski definition) is 1. The predicted molar refractivity (Wildman–Crippen MR) is 101 cm³/mol. The number of carbonyl (C=O) groups is 2. The molecule has 3 rings (SSSR count). The first-order valence-corrected chi connectivity index (χ1v) is 9.20. The first-order chi connectivity index (χ1) is 12.9. The smallest absolute Gasteiger partial charge is 0.325 e. The first-order valence-electron chi connectivity index (χ1n) is 9.20. The minimum atomic E-state index is -1.03. The average molecular weight is 370 g/mol. The SMILES string of the molecule is CCC1(c2cnn(C)c2)NC(=O)N(CCCOc2cc(C)cc(C)c2)C1=O. The Morgan fingerprint density at radius 2 is 1.89 bits per heavy atom. The predicted octanol–water partition coefficient (Wildman–Crippen LogP) is 2.66. The lowest BCUT2D eigenvalue weighted by Gasteiger charge is -2.23. The molecule has 0 spiro atoms. The number of ether oxygens (including phenoxy) is 1. The lowest BCUT2D eigenvalue weighted by molar-refractivity contribution is -0.131. The molecule has 144 valence electrons. The van der Waals surface area contributed by atoms with E-state index in [0.29, 0.717) is 31.6 Å². The average Bonchev–Trinajstić information content (AvgIpc) is 3.14. The molecule has 27 heavy (non-hydrogen) atoms. The van der Waals surface area contributed by atoms with Crippen LogP contribution in [0.1, 0.15) is 36.5 Å². The molecule has 1 aliphatic rings. The van der Waals surface area contributed by atoms with Crippen molar-refractivity contribution >= 4 is 11.9 Å². The van der Waals surface area contributed by atoms with Gasteiger partial charge in [-0.2, -0.15) is 5.10 Å². The van der Waals surface area contributed by atoms with Gasteiger partial charge in [0, 0.05) is 25.4 Å². The molecule has 1 aliphatic heterocycles. The van der Waals surface area contributed by atoms with Crippen LogP contribution in [0.25, 0.3) is 0 Å². The summed E-state index contributed by atoms with van der Waals surface area (Å²) < 4.78 is 7.41. The molecule has 1 atom stereocenters. The summed E-state index contributed by atoms with van der Waals surface area (Å²) in [6, 6.07) is 5.68. The van der Waals surface area contributed by atoms with Crippen molar-refractivity contribution in [3.63, 3.8) is 0 Å². The second-order valence-corrected chi connectivity index (χ2v) is 7.07. The van der Waals surface area contributed by atoms with Crippen LogP contribution in [0.3, 0.4) is 0 Å². The van der Waals surface area contributed by atoms with Crippen LogP contribution >= 0.6 is 0 Å². The van der Waals surface area contributed by atoms with E-state index in [1.807, 2.05) is 32.9 Å². The van der Waals surface area contributed by atoms with Gasteiger partial charge in [0.1, 0.15) is 11.3 Å². The summed E-state index contributed by atoms with van der Waals surface area (Å²) in [5, 5.41) is 7.00. The molecule has 1 aromatic heterocycles. The molecule has 0 aliphatic carbocycles. The number of aromatic nitrogens is 2. The van der Waals surface area contributed by atoms with Gasteiger partial charge >= 0.3 is 6.03 Å². The van der Waals surface area contributed by atoms with E-state index in [9.17, 15) is 9.59 Å². The van der Waals surface area contributed by atoms with Crippen LogP contribution in [0.2, 0.25) is 0 Å². The largest absolute Gasteiger partial charge is 0.494 e. The number of urea groups is 1. The Morgan fingerprint density at radius 1 is 1.19 bits per heavy atom. The zero-order valence-electron chi connectivity index (χ0n) is 16.3. The molecule has 7 heteroatoms. The Labute approximate surface area is 159 Å². The second kappa shape index (κ2) is 7.42. The third kappa shape index (κ3) is 3.67. The van der Waals surface area contributed by atoms with E-state index in [1.54, 1.807) is 24.1 Å². The normalized spacial score (nSPS) is 19.5. The van der Waals surface area contributed by atoms with E-state index in [-0.39, 0.29) is 11.9 Å². The molecule has 7 nitrogen and oxygen atoms in total. The van der Waals surface area contributed by atoms with Crippen molar-refractivity contribution in [3.8, 4) is 5.75 Å². The highest BCUT2D eigenvalue weighted by Crippen LogP contribution is 2.32. The number of imide groups is 1. The summed E-state index contributed by atoms with van der Waals surface area (Å²) in [6.07, 6.45) is 4.44. The van der Waals surface area contributed by atoms with Gasteiger partial charge in [-0.1, -0.05) is 13.0 Å². The van der Waals surface area contributed by atoms with Gasteiger partial charge in [0.15, 0.2) is 0 Å². The van der Waals surface area contributed by atoms with Crippen molar-refractivity contribution in [2.45, 2.75) is 39.2 Å². The molecule has 0 saturated carbocycles. The standard InChI is InChI=1S/C20H26N4O3/c1-5-20(16-12-21-23(4)13-16)18(25)24(19(26)22-20)7-6-8-27-17-10-14(2)9-15(3)11-17/h9-13H,5-8H2,1-4H3,(H,22,26). The topological polar surface area (TPSA) is 76.5 Å². The molecule has 1 unspecified atom stereocenters. The Balaban J connectivity index is 1.62. The van der Waals surface area contributed by atoms with Crippen molar-refractivity contribution in [1.29, 1.82) is 0 Å². The third-order valence-corrected chi connectivity index (χ3v) is 4.89. The maximum atomic E-state index is 13.0. The summed E-state index contributed by atoms with van der Waals surface area (Å²) in [7, 11) is 1.79. The highest BCUT2D eigenvalue weighted by molar-refractivity contribution is 6.07. The van der Waals surface area contributed by atoms with E-state index in [0.717, 1.165) is 16.9 Å². The summed E-state index contributed by atoms with van der Waals surface area (Å²) in [5.41, 5.74) is 1.96. The van der Waals surface area contributed by atoms with Gasteiger partial charge in [-0.3, -0.25) is 14.4 Å². The second-order valence-electron chi connectivity index (χ2n) is 7.07.